The first-order valence-electron chi connectivity index (χ1n) is 12.3. The quantitative estimate of drug-likeness (QED) is 0.339. The van der Waals surface area contributed by atoms with Gasteiger partial charge in [0.25, 0.3) is 11.8 Å². The summed E-state index contributed by atoms with van der Waals surface area (Å²) in [6.07, 6.45) is -0.193. The first-order valence-corrected chi connectivity index (χ1v) is 12.3. The SMILES string of the molecule is Cc1cc(COc2ccc(C(=O)NC(CC(=O)NC(C)(C)C)C3NC(=O)NC3=O)cc2)c2ccccc2n1. The van der Waals surface area contributed by atoms with Gasteiger partial charge in [-0.05, 0) is 64.1 Å². The molecule has 0 radical (unpaired) electrons. The molecule has 5 amide bonds. The molecule has 198 valence electrons. The Kier molecular flexibility index (Phi) is 7.61. The number of carbonyl (C=O) groups is 4. The molecule has 2 unspecified atom stereocenters. The standard InChI is InChI=1S/C28H31N5O5/c1-16-13-18(20-7-5-6-8-21(20)29-16)15-38-19-11-9-17(10-12-19)25(35)30-22(14-23(34)33-28(2,3)4)24-26(36)32-27(37)31-24/h5-13,22,24H,14-15H2,1-4H3,(H,30,35)(H,33,34)(H2,31,32,36,37). The lowest BCUT2D eigenvalue weighted by atomic mass is 10.0. The molecule has 2 atom stereocenters. The maximum absolute atomic E-state index is 13.0. The van der Waals surface area contributed by atoms with E-state index in [0.717, 1.165) is 22.2 Å². The van der Waals surface area contributed by atoms with Crippen molar-refractivity contribution in [1.29, 1.82) is 0 Å². The number of urea groups is 1. The van der Waals surface area contributed by atoms with E-state index in [4.69, 9.17) is 4.74 Å². The van der Waals surface area contributed by atoms with E-state index in [0.29, 0.717) is 17.9 Å². The van der Waals surface area contributed by atoms with Gasteiger partial charge >= 0.3 is 6.03 Å². The van der Waals surface area contributed by atoms with Crippen LogP contribution in [-0.4, -0.2) is 46.4 Å². The number of carbonyl (C=O) groups excluding carboxylic acids is 4. The molecule has 4 rings (SSSR count). The van der Waals surface area contributed by atoms with Crippen LogP contribution in [0.2, 0.25) is 0 Å². The lowest BCUT2D eigenvalue weighted by molar-refractivity contribution is -0.123. The van der Waals surface area contributed by atoms with Crippen molar-refractivity contribution >= 4 is 34.7 Å². The van der Waals surface area contributed by atoms with Crippen molar-refractivity contribution in [3.63, 3.8) is 0 Å². The van der Waals surface area contributed by atoms with Crippen LogP contribution in [0.15, 0.2) is 54.6 Å². The second-order valence-corrected chi connectivity index (χ2v) is 10.3. The van der Waals surface area contributed by atoms with Gasteiger partial charge in [0.05, 0.1) is 11.6 Å². The van der Waals surface area contributed by atoms with Gasteiger partial charge in [-0.3, -0.25) is 24.7 Å². The molecule has 0 bridgehead atoms. The van der Waals surface area contributed by atoms with Crippen LogP contribution in [0.5, 0.6) is 5.75 Å². The molecule has 0 aliphatic carbocycles. The minimum atomic E-state index is -1.07. The number of fused-ring (bicyclic) bond motifs is 1. The minimum Gasteiger partial charge on any atom is -0.489 e. The van der Waals surface area contributed by atoms with Crippen LogP contribution in [0, 0.1) is 6.92 Å². The lowest BCUT2D eigenvalue weighted by Gasteiger charge is -2.26. The van der Waals surface area contributed by atoms with Crippen molar-refractivity contribution in [1.82, 2.24) is 26.3 Å². The predicted molar refractivity (Wildman–Crippen MR) is 141 cm³/mol. The molecule has 1 aliphatic heterocycles. The van der Waals surface area contributed by atoms with E-state index >= 15 is 0 Å². The number of nitrogens with one attached hydrogen (secondary N) is 4. The van der Waals surface area contributed by atoms with Gasteiger partial charge in [-0.1, -0.05) is 18.2 Å². The number of pyridine rings is 1. The monoisotopic (exact) mass is 517 g/mol. The van der Waals surface area contributed by atoms with Crippen molar-refractivity contribution in [2.45, 2.75) is 58.3 Å². The number of para-hydroxylation sites is 1. The highest BCUT2D eigenvalue weighted by atomic mass is 16.5. The molecular formula is C28H31N5O5. The van der Waals surface area contributed by atoms with Gasteiger partial charge < -0.3 is 20.7 Å². The molecule has 0 spiro atoms. The Morgan fingerprint density at radius 1 is 1.08 bits per heavy atom. The molecule has 4 N–H and O–H groups in total. The van der Waals surface area contributed by atoms with Gasteiger partial charge in [0.15, 0.2) is 0 Å². The summed E-state index contributed by atoms with van der Waals surface area (Å²) in [5.41, 5.74) is 2.61. The van der Waals surface area contributed by atoms with Crippen LogP contribution in [0.25, 0.3) is 10.9 Å². The Hall–Kier alpha value is -4.47. The van der Waals surface area contributed by atoms with Crippen molar-refractivity contribution < 1.29 is 23.9 Å². The van der Waals surface area contributed by atoms with E-state index in [1.165, 1.54) is 0 Å². The fourth-order valence-electron chi connectivity index (χ4n) is 4.27. The molecule has 2 aromatic carbocycles. The average Bonchev–Trinajstić information content (AvgIpc) is 3.18. The summed E-state index contributed by atoms with van der Waals surface area (Å²) in [6, 6.07) is 13.7. The second-order valence-electron chi connectivity index (χ2n) is 10.3. The average molecular weight is 518 g/mol. The van der Waals surface area contributed by atoms with E-state index in [1.807, 2.05) is 58.0 Å². The summed E-state index contributed by atoms with van der Waals surface area (Å²) in [5.74, 6) is -0.885. The summed E-state index contributed by atoms with van der Waals surface area (Å²) in [6.45, 7) is 7.74. The number of hydrogen-bond acceptors (Lipinski definition) is 6. The van der Waals surface area contributed by atoms with Crippen molar-refractivity contribution in [2.75, 3.05) is 0 Å². The number of hydrogen-bond donors (Lipinski definition) is 4. The van der Waals surface area contributed by atoms with Gasteiger partial charge in [0.1, 0.15) is 18.4 Å². The molecule has 2 heterocycles. The zero-order valence-electron chi connectivity index (χ0n) is 21.8. The van der Waals surface area contributed by atoms with E-state index in [1.54, 1.807) is 24.3 Å². The third-order valence-electron chi connectivity index (χ3n) is 5.89. The summed E-state index contributed by atoms with van der Waals surface area (Å²) in [4.78, 5) is 54.0. The van der Waals surface area contributed by atoms with Gasteiger partial charge in [0, 0.05) is 34.2 Å². The highest BCUT2D eigenvalue weighted by Crippen LogP contribution is 2.21. The summed E-state index contributed by atoms with van der Waals surface area (Å²) < 4.78 is 5.96. The predicted octanol–water partition coefficient (Wildman–Crippen LogP) is 2.73. The van der Waals surface area contributed by atoms with Crippen LogP contribution >= 0.6 is 0 Å². The molecule has 3 aromatic rings. The van der Waals surface area contributed by atoms with Gasteiger partial charge in [-0.15, -0.1) is 0 Å². The number of nitrogens with zero attached hydrogens (tertiary/aromatic N) is 1. The van der Waals surface area contributed by atoms with Crippen LogP contribution in [0.1, 0.15) is 48.8 Å². The largest absolute Gasteiger partial charge is 0.489 e. The molecule has 1 fully saturated rings. The fraction of sp³-hybridized carbons (Fsp3) is 0.321. The zero-order chi connectivity index (χ0) is 27.4. The number of ether oxygens (including phenoxy) is 1. The number of imide groups is 1. The Morgan fingerprint density at radius 2 is 1.79 bits per heavy atom. The van der Waals surface area contributed by atoms with E-state index < -0.39 is 35.5 Å². The van der Waals surface area contributed by atoms with Gasteiger partial charge in [-0.25, -0.2) is 4.79 Å². The first-order chi connectivity index (χ1) is 18.0. The highest BCUT2D eigenvalue weighted by Gasteiger charge is 2.38. The van der Waals surface area contributed by atoms with E-state index in [-0.39, 0.29) is 12.3 Å². The molecular weight excluding hydrogens is 486 g/mol. The maximum atomic E-state index is 13.0. The molecule has 1 aliphatic rings. The lowest BCUT2D eigenvalue weighted by Crippen LogP contribution is -2.54. The number of benzene rings is 2. The highest BCUT2D eigenvalue weighted by molar-refractivity contribution is 6.05. The third-order valence-corrected chi connectivity index (χ3v) is 5.89. The van der Waals surface area contributed by atoms with Crippen LogP contribution in [0.3, 0.4) is 0 Å². The second kappa shape index (κ2) is 10.9. The topological polar surface area (TPSA) is 139 Å². The van der Waals surface area contributed by atoms with Crippen LogP contribution < -0.4 is 26.0 Å². The fourth-order valence-corrected chi connectivity index (χ4v) is 4.27. The van der Waals surface area contributed by atoms with Gasteiger partial charge in [0.2, 0.25) is 5.91 Å². The Labute approximate surface area is 220 Å². The molecule has 10 heteroatoms. The number of aromatic nitrogens is 1. The first kappa shape index (κ1) is 26.6. The number of rotatable bonds is 8. The van der Waals surface area contributed by atoms with Crippen molar-refractivity contribution in [2.24, 2.45) is 0 Å². The Bertz CT molecular complexity index is 1380. The number of amides is 5. The maximum Gasteiger partial charge on any atom is 0.322 e. The molecule has 0 saturated carbocycles. The molecule has 1 saturated heterocycles. The smallest absolute Gasteiger partial charge is 0.322 e. The Morgan fingerprint density at radius 3 is 2.45 bits per heavy atom. The van der Waals surface area contributed by atoms with Gasteiger partial charge in [-0.2, -0.15) is 0 Å². The summed E-state index contributed by atoms with van der Waals surface area (Å²) in [5, 5.41) is 11.1. The minimum absolute atomic E-state index is 0.193. The third kappa shape index (κ3) is 6.64. The van der Waals surface area contributed by atoms with Crippen LogP contribution in [0.4, 0.5) is 4.79 Å². The number of aryl methyl sites for hydroxylation is 1. The molecule has 10 nitrogen and oxygen atoms in total. The zero-order valence-corrected chi connectivity index (χ0v) is 21.8. The van der Waals surface area contributed by atoms with Crippen LogP contribution in [-0.2, 0) is 16.2 Å². The van der Waals surface area contributed by atoms with E-state index in [9.17, 15) is 19.2 Å². The van der Waals surface area contributed by atoms with E-state index in [2.05, 4.69) is 26.3 Å². The molecule has 1 aromatic heterocycles. The summed E-state index contributed by atoms with van der Waals surface area (Å²) >= 11 is 0. The normalized spacial score (nSPS) is 15.9. The summed E-state index contributed by atoms with van der Waals surface area (Å²) in [7, 11) is 0. The molecule has 38 heavy (non-hydrogen) atoms. The van der Waals surface area contributed by atoms with Crippen molar-refractivity contribution in [3.8, 4) is 5.75 Å². The van der Waals surface area contributed by atoms with Crippen molar-refractivity contribution in [3.05, 3.63) is 71.4 Å². The Balaban J connectivity index is 1.43.